The molecule has 1 saturated carbocycles. The highest BCUT2D eigenvalue weighted by Gasteiger charge is 2.26. The second-order valence-corrected chi connectivity index (χ2v) is 5.35. The number of hydrogen-bond donors (Lipinski definition) is 0. The van der Waals surface area contributed by atoms with Gasteiger partial charge in [-0.15, -0.1) is 6.58 Å². The summed E-state index contributed by atoms with van der Waals surface area (Å²) in [6.07, 6.45) is 2.81. The zero-order valence-corrected chi connectivity index (χ0v) is 11.1. The number of benzene rings is 1. The minimum absolute atomic E-state index is 0.0642. The zero-order valence-electron chi connectivity index (χ0n) is 11.1. The van der Waals surface area contributed by atoms with Crippen molar-refractivity contribution in [3.05, 3.63) is 47.3 Å². The lowest BCUT2D eigenvalue weighted by atomic mass is 9.78. The Morgan fingerprint density at radius 1 is 1.21 bits per heavy atom. The van der Waals surface area contributed by atoms with E-state index >= 15 is 0 Å². The maximum atomic E-state index is 14.2. The van der Waals surface area contributed by atoms with Gasteiger partial charge in [-0.25, -0.2) is 13.2 Å². The molecule has 1 aromatic carbocycles. The topological polar surface area (TPSA) is 0 Å². The number of allylic oxidation sites excluding steroid dienone is 1. The molecule has 0 aliphatic heterocycles. The van der Waals surface area contributed by atoms with Crippen LogP contribution in [0.5, 0.6) is 0 Å². The highest BCUT2D eigenvalue weighted by Crippen LogP contribution is 2.39. The van der Waals surface area contributed by atoms with E-state index in [-0.39, 0.29) is 5.92 Å². The van der Waals surface area contributed by atoms with Gasteiger partial charge in [-0.2, -0.15) is 0 Å². The van der Waals surface area contributed by atoms with Crippen LogP contribution < -0.4 is 0 Å². The van der Waals surface area contributed by atoms with Gasteiger partial charge >= 0.3 is 0 Å². The van der Waals surface area contributed by atoms with Gasteiger partial charge in [0, 0.05) is 0 Å². The van der Waals surface area contributed by atoms with Crippen LogP contribution in [0, 0.1) is 18.7 Å². The predicted octanol–water partition coefficient (Wildman–Crippen LogP) is 5.53. The fourth-order valence-electron chi connectivity index (χ4n) is 2.96. The van der Waals surface area contributed by atoms with Crippen molar-refractivity contribution in [2.45, 2.75) is 45.0 Å². The molecule has 1 aliphatic rings. The lowest BCUT2D eigenvalue weighted by molar-refractivity contribution is 0.145. The summed E-state index contributed by atoms with van der Waals surface area (Å²) in [5.74, 6) is -0.148. The Morgan fingerprint density at radius 3 is 2.37 bits per heavy atom. The van der Waals surface area contributed by atoms with Gasteiger partial charge in [-0.3, -0.25) is 0 Å². The third-order valence-electron chi connectivity index (χ3n) is 4.19. The first kappa shape index (κ1) is 14.2. The Labute approximate surface area is 112 Å². The lowest BCUT2D eigenvalue weighted by Crippen LogP contribution is -2.14. The van der Waals surface area contributed by atoms with E-state index < -0.39 is 17.8 Å². The second-order valence-electron chi connectivity index (χ2n) is 5.35. The summed E-state index contributed by atoms with van der Waals surface area (Å²) in [6, 6.07) is 3.29. The summed E-state index contributed by atoms with van der Waals surface area (Å²) >= 11 is 0. The first-order chi connectivity index (χ1) is 9.04. The molecule has 0 bridgehead atoms. The Hall–Kier alpha value is -1.25. The maximum Gasteiger partial charge on any atom is 0.266 e. The third kappa shape index (κ3) is 2.85. The molecule has 1 fully saturated rings. The second kappa shape index (κ2) is 5.81. The molecule has 0 aromatic heterocycles. The van der Waals surface area contributed by atoms with Gasteiger partial charge in [0.15, 0.2) is 0 Å². The standard InChI is InChI=1S/C16H19F3/c1-3-11-5-7-12(8-6-11)13-9-4-10(2)14(15(13)17)16(18)19/h3-4,9,11-12,16H,1,5-8H2,2H3. The lowest BCUT2D eigenvalue weighted by Gasteiger charge is -2.27. The summed E-state index contributed by atoms with van der Waals surface area (Å²) in [5, 5.41) is 0. The Balaban J connectivity index is 2.26. The smallest absolute Gasteiger partial charge is 0.206 e. The van der Waals surface area contributed by atoms with E-state index in [1.165, 1.54) is 6.92 Å². The molecule has 0 saturated heterocycles. The van der Waals surface area contributed by atoms with Crippen LogP contribution >= 0.6 is 0 Å². The average Bonchev–Trinajstić information content (AvgIpc) is 2.39. The molecule has 1 aromatic rings. The summed E-state index contributed by atoms with van der Waals surface area (Å²) in [7, 11) is 0. The van der Waals surface area contributed by atoms with Gasteiger partial charge in [-0.1, -0.05) is 18.2 Å². The van der Waals surface area contributed by atoms with Crippen molar-refractivity contribution >= 4 is 0 Å². The fraction of sp³-hybridized carbons (Fsp3) is 0.500. The number of halogens is 3. The van der Waals surface area contributed by atoms with Crippen molar-refractivity contribution in [2.24, 2.45) is 5.92 Å². The van der Waals surface area contributed by atoms with Crippen molar-refractivity contribution in [3.63, 3.8) is 0 Å². The van der Waals surface area contributed by atoms with Crippen molar-refractivity contribution in [2.75, 3.05) is 0 Å². The zero-order chi connectivity index (χ0) is 14.0. The van der Waals surface area contributed by atoms with Crippen LogP contribution in [0.3, 0.4) is 0 Å². The molecule has 2 rings (SSSR count). The Morgan fingerprint density at radius 2 is 1.84 bits per heavy atom. The Kier molecular flexibility index (Phi) is 4.33. The van der Waals surface area contributed by atoms with E-state index in [1.807, 2.05) is 6.08 Å². The van der Waals surface area contributed by atoms with E-state index in [2.05, 4.69) is 6.58 Å². The van der Waals surface area contributed by atoms with Crippen LogP contribution in [0.25, 0.3) is 0 Å². The molecule has 3 heteroatoms. The number of rotatable bonds is 3. The molecular weight excluding hydrogens is 249 g/mol. The van der Waals surface area contributed by atoms with Gasteiger partial charge in [-0.05, 0) is 55.6 Å². The molecule has 1 aliphatic carbocycles. The van der Waals surface area contributed by atoms with Crippen LogP contribution in [-0.2, 0) is 0 Å². The number of aryl methyl sites for hydroxylation is 1. The monoisotopic (exact) mass is 268 g/mol. The third-order valence-corrected chi connectivity index (χ3v) is 4.19. The highest BCUT2D eigenvalue weighted by atomic mass is 19.3. The minimum Gasteiger partial charge on any atom is -0.206 e. The SMILES string of the molecule is C=CC1CCC(c2ccc(C)c(C(F)F)c2F)CC1. The molecule has 104 valence electrons. The predicted molar refractivity (Wildman–Crippen MR) is 71.0 cm³/mol. The normalized spacial score (nSPS) is 23.6. The quantitative estimate of drug-likeness (QED) is 0.632. The fourth-order valence-corrected chi connectivity index (χ4v) is 2.96. The van der Waals surface area contributed by atoms with Crippen molar-refractivity contribution in [1.82, 2.24) is 0 Å². The van der Waals surface area contributed by atoms with E-state index in [9.17, 15) is 13.2 Å². The molecule has 0 amide bonds. The number of hydrogen-bond acceptors (Lipinski definition) is 0. The van der Waals surface area contributed by atoms with Crippen molar-refractivity contribution in [1.29, 1.82) is 0 Å². The summed E-state index contributed by atoms with van der Waals surface area (Å²) in [4.78, 5) is 0. The van der Waals surface area contributed by atoms with Gasteiger partial charge in [0.2, 0.25) is 0 Å². The average molecular weight is 268 g/mol. The van der Waals surface area contributed by atoms with Gasteiger partial charge in [0.1, 0.15) is 5.82 Å². The first-order valence-electron chi connectivity index (χ1n) is 6.74. The Bertz CT molecular complexity index is 457. The van der Waals surface area contributed by atoms with Crippen LogP contribution in [0.4, 0.5) is 13.2 Å². The van der Waals surface area contributed by atoms with Crippen LogP contribution in [0.2, 0.25) is 0 Å². The van der Waals surface area contributed by atoms with Gasteiger partial charge in [0.25, 0.3) is 6.43 Å². The minimum atomic E-state index is -2.75. The molecule has 19 heavy (non-hydrogen) atoms. The van der Waals surface area contributed by atoms with E-state index in [0.717, 1.165) is 25.7 Å². The molecule has 0 N–H and O–H groups in total. The largest absolute Gasteiger partial charge is 0.266 e. The molecule has 0 heterocycles. The van der Waals surface area contributed by atoms with E-state index in [4.69, 9.17) is 0 Å². The molecule has 0 spiro atoms. The summed E-state index contributed by atoms with van der Waals surface area (Å²) in [5.41, 5.74) is 0.364. The summed E-state index contributed by atoms with van der Waals surface area (Å²) < 4.78 is 40.0. The maximum absolute atomic E-state index is 14.2. The molecule has 0 atom stereocenters. The van der Waals surface area contributed by atoms with Crippen molar-refractivity contribution < 1.29 is 13.2 Å². The van der Waals surface area contributed by atoms with Crippen LogP contribution in [-0.4, -0.2) is 0 Å². The molecule has 0 radical (unpaired) electrons. The van der Waals surface area contributed by atoms with Crippen LogP contribution in [0.1, 0.15) is 54.7 Å². The van der Waals surface area contributed by atoms with E-state index in [1.54, 1.807) is 12.1 Å². The number of alkyl halides is 2. The first-order valence-corrected chi connectivity index (χ1v) is 6.74. The van der Waals surface area contributed by atoms with Gasteiger partial charge in [0.05, 0.1) is 5.56 Å². The summed E-state index contributed by atoms with van der Waals surface area (Å²) in [6.45, 7) is 5.31. The van der Waals surface area contributed by atoms with Crippen LogP contribution in [0.15, 0.2) is 24.8 Å². The molecule has 0 nitrogen and oxygen atoms in total. The molecule has 0 unspecified atom stereocenters. The molecular formula is C16H19F3. The van der Waals surface area contributed by atoms with E-state index in [0.29, 0.717) is 17.0 Å². The van der Waals surface area contributed by atoms with Gasteiger partial charge < -0.3 is 0 Å². The highest BCUT2D eigenvalue weighted by molar-refractivity contribution is 5.36. The van der Waals surface area contributed by atoms with Crippen molar-refractivity contribution in [3.8, 4) is 0 Å².